The van der Waals surface area contributed by atoms with Gasteiger partial charge in [-0.25, -0.2) is 4.79 Å². The minimum atomic E-state index is -0.627. The molecule has 0 atom stereocenters. The number of hydrogen-bond donors (Lipinski definition) is 1. The summed E-state index contributed by atoms with van der Waals surface area (Å²) < 4.78 is 10.2. The minimum Gasteiger partial charge on any atom is -0.468 e. The van der Waals surface area contributed by atoms with Crippen molar-refractivity contribution in [3.05, 3.63) is 11.1 Å². The Morgan fingerprint density at radius 1 is 1.35 bits per heavy atom. The molecular weight excluding hydrogens is 290 g/mol. The monoisotopic (exact) mass is 309 g/mol. The van der Waals surface area contributed by atoms with E-state index < -0.39 is 17.7 Å². The van der Waals surface area contributed by atoms with E-state index in [-0.39, 0.29) is 6.54 Å². The molecule has 0 bridgehead atoms. The van der Waals surface area contributed by atoms with Crippen LogP contribution in [0.5, 0.6) is 0 Å². The standard InChI is InChI=1S/C8H15NO4.C3H5Br/c1-8(2,3)13-7(11)9-5-6(10)12-4;1-3(2)4/h5H2,1-4H3,(H,9,11);1H2,2H3. The van der Waals surface area contributed by atoms with E-state index >= 15 is 0 Å². The van der Waals surface area contributed by atoms with Crippen molar-refractivity contribution in [3.63, 3.8) is 0 Å². The fraction of sp³-hybridized carbons (Fsp3) is 0.636. The summed E-state index contributed by atoms with van der Waals surface area (Å²) in [5.74, 6) is -0.508. The molecular formula is C11H20BrNO4. The van der Waals surface area contributed by atoms with Crippen LogP contribution in [0.15, 0.2) is 11.1 Å². The highest BCUT2D eigenvalue weighted by atomic mass is 79.9. The molecule has 1 amide bonds. The zero-order valence-electron chi connectivity index (χ0n) is 10.9. The summed E-state index contributed by atoms with van der Waals surface area (Å²) in [5.41, 5.74) is -0.555. The second kappa shape index (κ2) is 9.04. The maximum Gasteiger partial charge on any atom is 0.408 e. The molecule has 0 saturated heterocycles. The SMILES string of the molecule is C=C(C)Br.COC(=O)CNC(=O)OC(C)(C)C. The number of allylic oxidation sites excluding steroid dienone is 1. The smallest absolute Gasteiger partial charge is 0.408 e. The van der Waals surface area contributed by atoms with Gasteiger partial charge in [-0.3, -0.25) is 4.79 Å². The largest absolute Gasteiger partial charge is 0.468 e. The van der Waals surface area contributed by atoms with Crippen LogP contribution in [0.2, 0.25) is 0 Å². The number of rotatable bonds is 2. The number of amides is 1. The lowest BCUT2D eigenvalue weighted by molar-refractivity contribution is -0.139. The molecule has 0 aliphatic rings. The van der Waals surface area contributed by atoms with Gasteiger partial charge in [0.15, 0.2) is 0 Å². The van der Waals surface area contributed by atoms with Gasteiger partial charge >= 0.3 is 12.1 Å². The molecule has 0 radical (unpaired) electrons. The van der Waals surface area contributed by atoms with E-state index in [0.717, 1.165) is 4.48 Å². The first-order valence-electron chi connectivity index (χ1n) is 4.93. The summed E-state index contributed by atoms with van der Waals surface area (Å²) in [4.78, 5) is 21.5. The summed E-state index contributed by atoms with van der Waals surface area (Å²) in [6, 6.07) is 0. The van der Waals surface area contributed by atoms with Crippen LogP contribution in [-0.4, -0.2) is 31.3 Å². The summed E-state index contributed by atoms with van der Waals surface area (Å²) in [7, 11) is 1.25. The summed E-state index contributed by atoms with van der Waals surface area (Å²) in [6.07, 6.45) is -0.627. The molecule has 1 N–H and O–H groups in total. The van der Waals surface area contributed by atoms with Gasteiger partial charge in [-0.05, 0) is 32.2 Å². The van der Waals surface area contributed by atoms with Crippen molar-refractivity contribution in [3.8, 4) is 0 Å². The van der Waals surface area contributed by atoms with E-state index in [9.17, 15) is 9.59 Å². The molecule has 0 aliphatic carbocycles. The van der Waals surface area contributed by atoms with Gasteiger partial charge in [0.25, 0.3) is 0 Å². The molecule has 5 nitrogen and oxygen atoms in total. The molecule has 0 aromatic carbocycles. The van der Waals surface area contributed by atoms with Crippen molar-refractivity contribution in [1.82, 2.24) is 5.32 Å². The summed E-state index contributed by atoms with van der Waals surface area (Å²) in [5, 5.41) is 2.25. The first-order valence-corrected chi connectivity index (χ1v) is 5.72. The third-order valence-corrected chi connectivity index (χ3v) is 1.00. The molecule has 0 aliphatic heterocycles. The van der Waals surface area contributed by atoms with Crippen molar-refractivity contribution in [2.45, 2.75) is 33.3 Å². The molecule has 100 valence electrons. The molecule has 0 fully saturated rings. The van der Waals surface area contributed by atoms with E-state index in [4.69, 9.17) is 4.74 Å². The number of hydrogen-bond acceptors (Lipinski definition) is 4. The second-order valence-electron chi connectivity index (χ2n) is 4.11. The average molecular weight is 310 g/mol. The predicted molar refractivity (Wildman–Crippen MR) is 70.0 cm³/mol. The highest BCUT2D eigenvalue weighted by Crippen LogP contribution is 2.05. The van der Waals surface area contributed by atoms with Gasteiger partial charge in [-0.1, -0.05) is 22.5 Å². The Morgan fingerprint density at radius 3 is 2.06 bits per heavy atom. The van der Waals surface area contributed by atoms with Crippen LogP contribution < -0.4 is 5.32 Å². The normalized spacial score (nSPS) is 9.53. The van der Waals surface area contributed by atoms with Gasteiger partial charge in [-0.2, -0.15) is 0 Å². The summed E-state index contributed by atoms with van der Waals surface area (Å²) in [6.45, 7) is 10.4. The quantitative estimate of drug-likeness (QED) is 0.796. The molecule has 0 aromatic heterocycles. The third-order valence-electron chi connectivity index (χ3n) is 1.00. The number of carbonyl (C=O) groups is 2. The van der Waals surface area contributed by atoms with Gasteiger partial charge in [0.05, 0.1) is 7.11 Å². The fourth-order valence-electron chi connectivity index (χ4n) is 0.531. The third kappa shape index (κ3) is 20.9. The van der Waals surface area contributed by atoms with Crippen molar-refractivity contribution in [2.75, 3.05) is 13.7 Å². The summed E-state index contributed by atoms with van der Waals surface area (Å²) >= 11 is 3.08. The molecule has 0 spiro atoms. The van der Waals surface area contributed by atoms with E-state index in [1.807, 2.05) is 6.92 Å². The number of nitrogens with one attached hydrogen (secondary N) is 1. The molecule has 0 aromatic rings. The van der Waals surface area contributed by atoms with Crippen LogP contribution in [0.1, 0.15) is 27.7 Å². The van der Waals surface area contributed by atoms with E-state index in [2.05, 4.69) is 32.6 Å². The van der Waals surface area contributed by atoms with Crippen LogP contribution in [0.4, 0.5) is 4.79 Å². The Kier molecular flexibility index (Phi) is 9.74. The topological polar surface area (TPSA) is 64.6 Å². The minimum absolute atomic E-state index is 0.175. The highest BCUT2D eigenvalue weighted by molar-refractivity contribution is 9.11. The number of esters is 1. The lowest BCUT2D eigenvalue weighted by Gasteiger charge is -2.19. The number of alkyl carbamates (subject to hydrolysis) is 1. The molecule has 0 rings (SSSR count). The number of halogens is 1. The number of ether oxygens (including phenoxy) is 2. The fourth-order valence-corrected chi connectivity index (χ4v) is 0.531. The predicted octanol–water partition coefficient (Wildman–Crippen LogP) is 2.60. The Balaban J connectivity index is 0. The van der Waals surface area contributed by atoms with E-state index in [0.29, 0.717) is 0 Å². The molecule has 0 saturated carbocycles. The van der Waals surface area contributed by atoms with Crippen molar-refractivity contribution < 1.29 is 19.1 Å². The van der Waals surface area contributed by atoms with Crippen molar-refractivity contribution in [2.24, 2.45) is 0 Å². The lowest BCUT2D eigenvalue weighted by atomic mass is 10.2. The number of methoxy groups -OCH3 is 1. The molecule has 0 unspecified atom stereocenters. The molecule has 0 heterocycles. The first kappa shape index (κ1) is 18.3. The Bertz CT molecular complexity index is 267. The van der Waals surface area contributed by atoms with Crippen LogP contribution in [0.25, 0.3) is 0 Å². The first-order chi connectivity index (χ1) is 7.58. The highest BCUT2D eigenvalue weighted by Gasteiger charge is 2.16. The van der Waals surface area contributed by atoms with Crippen LogP contribution in [0, 0.1) is 0 Å². The van der Waals surface area contributed by atoms with Crippen LogP contribution in [0.3, 0.4) is 0 Å². The second-order valence-corrected chi connectivity index (χ2v) is 5.46. The number of carbonyl (C=O) groups excluding carboxylic acids is 2. The molecule has 6 heteroatoms. The zero-order chi connectivity index (χ0) is 14.1. The van der Waals surface area contributed by atoms with Gasteiger partial charge in [0, 0.05) is 0 Å². The lowest BCUT2D eigenvalue weighted by Crippen LogP contribution is -2.35. The average Bonchev–Trinajstić information content (AvgIpc) is 2.10. The zero-order valence-corrected chi connectivity index (χ0v) is 12.5. The van der Waals surface area contributed by atoms with E-state index in [1.165, 1.54) is 7.11 Å². The van der Waals surface area contributed by atoms with Crippen LogP contribution >= 0.6 is 15.9 Å². The Morgan fingerprint density at radius 2 is 1.76 bits per heavy atom. The van der Waals surface area contributed by atoms with Gasteiger partial charge in [0.2, 0.25) is 0 Å². The Hall–Kier alpha value is -1.04. The van der Waals surface area contributed by atoms with E-state index in [1.54, 1.807) is 20.8 Å². The Labute approximate surface area is 111 Å². The van der Waals surface area contributed by atoms with Gasteiger partial charge in [-0.15, -0.1) is 0 Å². The van der Waals surface area contributed by atoms with Crippen molar-refractivity contribution in [1.29, 1.82) is 0 Å². The van der Waals surface area contributed by atoms with Gasteiger partial charge in [0.1, 0.15) is 12.1 Å². The maximum absolute atomic E-state index is 10.9. The van der Waals surface area contributed by atoms with Crippen LogP contribution in [-0.2, 0) is 14.3 Å². The van der Waals surface area contributed by atoms with Gasteiger partial charge < -0.3 is 14.8 Å². The van der Waals surface area contributed by atoms with Crippen molar-refractivity contribution >= 4 is 28.0 Å². The molecule has 17 heavy (non-hydrogen) atoms. The maximum atomic E-state index is 10.9.